The molecule has 1 amide bonds. The van der Waals surface area contributed by atoms with Gasteiger partial charge in [-0.25, -0.2) is 13.8 Å². The van der Waals surface area contributed by atoms with Crippen LogP contribution in [-0.4, -0.2) is 27.1 Å². The lowest BCUT2D eigenvalue weighted by atomic mass is 10.0. The Morgan fingerprint density at radius 3 is 2.42 bits per heavy atom. The highest BCUT2D eigenvalue weighted by atomic mass is 35.5. The fourth-order valence-corrected chi connectivity index (χ4v) is 6.40. The summed E-state index contributed by atoms with van der Waals surface area (Å²) in [6.07, 6.45) is -1.47. The molecule has 0 aromatic heterocycles. The summed E-state index contributed by atoms with van der Waals surface area (Å²) < 4.78 is 68.3. The van der Waals surface area contributed by atoms with Crippen molar-refractivity contribution in [3.8, 4) is 0 Å². The number of hydrazone groups is 1. The third kappa shape index (κ3) is 5.41. The molecule has 1 N–H and O–H groups in total. The Labute approximate surface area is 234 Å². The molecule has 4 aromatic rings. The highest BCUT2D eigenvalue weighted by molar-refractivity contribution is 7.92. The van der Waals surface area contributed by atoms with E-state index in [4.69, 9.17) is 11.6 Å². The first-order valence-electron chi connectivity index (χ1n) is 12.3. The molecule has 5 rings (SSSR count). The fraction of sp³-hybridized carbons (Fsp3) is 0.172. The maximum atomic E-state index is 13.6. The standard InChI is InChI=1S/C29H23ClF3N3O3S/c1-18-5-12-23(13-6-18)40(38,39)36(22-11-14-26(30)25(15-22)29(31,32)33)17-27(37)35-34-16-21-10-9-20-8-7-19-3-2-4-24(21)28(19)20/h2-6,9-16H,7-8,17H2,1H3,(H,35,37)/b34-16-. The number of carbonyl (C=O) groups excluding carboxylic acids is 1. The minimum absolute atomic E-state index is 0.189. The van der Waals surface area contributed by atoms with Gasteiger partial charge in [-0.15, -0.1) is 0 Å². The van der Waals surface area contributed by atoms with Gasteiger partial charge in [-0.05, 0) is 72.0 Å². The second-order valence-corrected chi connectivity index (χ2v) is 11.7. The van der Waals surface area contributed by atoms with E-state index in [1.54, 1.807) is 19.1 Å². The maximum absolute atomic E-state index is 13.6. The van der Waals surface area contributed by atoms with E-state index in [1.807, 2.05) is 24.3 Å². The second-order valence-electron chi connectivity index (χ2n) is 9.43. The summed E-state index contributed by atoms with van der Waals surface area (Å²) in [5.74, 6) is -0.846. The Morgan fingerprint density at radius 2 is 1.73 bits per heavy atom. The first-order chi connectivity index (χ1) is 18.9. The molecule has 1 aliphatic carbocycles. The zero-order chi connectivity index (χ0) is 28.7. The normalized spacial score (nSPS) is 13.2. The monoisotopic (exact) mass is 585 g/mol. The van der Waals surface area contributed by atoms with Gasteiger partial charge in [0.15, 0.2) is 0 Å². The van der Waals surface area contributed by atoms with Crippen molar-refractivity contribution in [2.45, 2.75) is 30.8 Å². The minimum Gasteiger partial charge on any atom is -0.271 e. The van der Waals surface area contributed by atoms with Crippen LogP contribution in [-0.2, 0) is 33.8 Å². The molecule has 6 nitrogen and oxygen atoms in total. The zero-order valence-electron chi connectivity index (χ0n) is 21.2. The molecule has 0 saturated heterocycles. The number of sulfonamides is 1. The number of nitrogens with zero attached hydrogens (tertiary/aromatic N) is 2. The summed E-state index contributed by atoms with van der Waals surface area (Å²) in [6.45, 7) is 0.937. The lowest BCUT2D eigenvalue weighted by molar-refractivity contribution is -0.137. The van der Waals surface area contributed by atoms with Crippen molar-refractivity contribution < 1.29 is 26.4 Å². The number of nitrogens with one attached hydrogen (secondary N) is 1. The van der Waals surface area contributed by atoms with E-state index in [9.17, 15) is 26.4 Å². The maximum Gasteiger partial charge on any atom is 0.417 e. The first kappa shape index (κ1) is 27.7. The molecule has 0 saturated carbocycles. The van der Waals surface area contributed by atoms with E-state index < -0.39 is 39.2 Å². The Kier molecular flexibility index (Phi) is 7.32. The van der Waals surface area contributed by atoms with Crippen LogP contribution in [0, 0.1) is 6.92 Å². The molecular formula is C29H23ClF3N3O3S. The molecule has 0 aliphatic heterocycles. The summed E-state index contributed by atoms with van der Waals surface area (Å²) >= 11 is 5.75. The third-order valence-corrected chi connectivity index (χ3v) is 8.86. The van der Waals surface area contributed by atoms with Gasteiger partial charge < -0.3 is 0 Å². The number of hydrogen-bond acceptors (Lipinski definition) is 4. The smallest absolute Gasteiger partial charge is 0.271 e. The van der Waals surface area contributed by atoms with Gasteiger partial charge in [0.1, 0.15) is 6.54 Å². The van der Waals surface area contributed by atoms with Gasteiger partial charge in [0, 0.05) is 5.56 Å². The quantitative estimate of drug-likeness (QED) is 0.205. The number of carbonyl (C=O) groups is 1. The van der Waals surface area contributed by atoms with Crippen LogP contribution >= 0.6 is 11.6 Å². The van der Waals surface area contributed by atoms with Crippen molar-refractivity contribution >= 4 is 50.2 Å². The highest BCUT2D eigenvalue weighted by Crippen LogP contribution is 2.38. The van der Waals surface area contributed by atoms with E-state index in [-0.39, 0.29) is 10.6 Å². The van der Waals surface area contributed by atoms with Crippen molar-refractivity contribution in [1.29, 1.82) is 0 Å². The minimum atomic E-state index is -4.83. The molecule has 0 bridgehead atoms. The molecular weight excluding hydrogens is 563 g/mol. The summed E-state index contributed by atoms with van der Waals surface area (Å²) in [6, 6.07) is 18.3. The third-order valence-electron chi connectivity index (χ3n) is 6.74. The second kappa shape index (κ2) is 10.6. The van der Waals surface area contributed by atoms with Crippen LogP contribution in [0.1, 0.15) is 27.8 Å². The summed E-state index contributed by atoms with van der Waals surface area (Å²) in [7, 11) is -4.44. The number of rotatable bonds is 7. The van der Waals surface area contributed by atoms with E-state index in [2.05, 4.69) is 16.6 Å². The van der Waals surface area contributed by atoms with Crippen molar-refractivity contribution in [3.05, 3.63) is 106 Å². The topological polar surface area (TPSA) is 78.8 Å². The van der Waals surface area contributed by atoms with Crippen molar-refractivity contribution in [2.24, 2.45) is 5.10 Å². The van der Waals surface area contributed by atoms with Crippen molar-refractivity contribution in [3.63, 3.8) is 0 Å². The molecule has 206 valence electrons. The number of aryl methyl sites for hydroxylation is 3. The van der Waals surface area contributed by atoms with Gasteiger partial charge in [-0.1, -0.05) is 59.6 Å². The Morgan fingerprint density at radius 1 is 1.02 bits per heavy atom. The van der Waals surface area contributed by atoms with E-state index in [0.717, 1.165) is 46.9 Å². The van der Waals surface area contributed by atoms with Crippen LogP contribution in [0.2, 0.25) is 5.02 Å². The first-order valence-corrected chi connectivity index (χ1v) is 14.1. The average Bonchev–Trinajstić information content (AvgIpc) is 3.33. The molecule has 0 radical (unpaired) electrons. The Bertz CT molecular complexity index is 1740. The summed E-state index contributed by atoms with van der Waals surface area (Å²) in [5.41, 5.74) is 4.74. The predicted octanol–water partition coefficient (Wildman–Crippen LogP) is 6.26. The number of halogens is 4. The SMILES string of the molecule is Cc1ccc(S(=O)(=O)N(CC(=O)N/N=C\c2ccc3c4c(cccc24)CC3)c2ccc(Cl)c(C(F)(F)F)c2)cc1. The fourth-order valence-electron chi connectivity index (χ4n) is 4.76. The van der Waals surface area contributed by atoms with Crippen LogP contribution in [0.4, 0.5) is 18.9 Å². The van der Waals surface area contributed by atoms with Crippen LogP contribution in [0.15, 0.2) is 82.8 Å². The molecule has 0 unspecified atom stereocenters. The van der Waals surface area contributed by atoms with Gasteiger partial charge in [-0.3, -0.25) is 9.10 Å². The van der Waals surface area contributed by atoms with Gasteiger partial charge >= 0.3 is 6.18 Å². The van der Waals surface area contributed by atoms with E-state index >= 15 is 0 Å². The Balaban J connectivity index is 1.44. The summed E-state index contributed by atoms with van der Waals surface area (Å²) in [4.78, 5) is 12.7. The van der Waals surface area contributed by atoms with Crippen molar-refractivity contribution in [2.75, 3.05) is 10.8 Å². The molecule has 1 aliphatic rings. The van der Waals surface area contributed by atoms with Crippen LogP contribution < -0.4 is 9.73 Å². The van der Waals surface area contributed by atoms with Gasteiger partial charge in [-0.2, -0.15) is 18.3 Å². The molecule has 40 heavy (non-hydrogen) atoms. The average molecular weight is 586 g/mol. The number of anilines is 1. The highest BCUT2D eigenvalue weighted by Gasteiger charge is 2.35. The van der Waals surface area contributed by atoms with Crippen LogP contribution in [0.5, 0.6) is 0 Å². The number of alkyl halides is 3. The molecule has 11 heteroatoms. The number of hydrogen-bond donors (Lipinski definition) is 1. The molecule has 0 spiro atoms. The van der Waals surface area contributed by atoms with E-state index in [1.165, 1.54) is 29.5 Å². The molecule has 0 heterocycles. The predicted molar refractivity (Wildman–Crippen MR) is 149 cm³/mol. The largest absolute Gasteiger partial charge is 0.417 e. The van der Waals surface area contributed by atoms with Crippen molar-refractivity contribution in [1.82, 2.24) is 5.43 Å². The van der Waals surface area contributed by atoms with Crippen LogP contribution in [0.3, 0.4) is 0 Å². The zero-order valence-corrected chi connectivity index (χ0v) is 22.7. The van der Waals surface area contributed by atoms with Gasteiger partial charge in [0.2, 0.25) is 0 Å². The number of benzene rings is 4. The van der Waals surface area contributed by atoms with Gasteiger partial charge in [0.05, 0.1) is 27.4 Å². The van der Waals surface area contributed by atoms with Gasteiger partial charge in [0.25, 0.3) is 15.9 Å². The molecule has 4 aromatic carbocycles. The number of amides is 1. The van der Waals surface area contributed by atoms with E-state index in [0.29, 0.717) is 10.4 Å². The molecule has 0 fully saturated rings. The van der Waals surface area contributed by atoms with Crippen LogP contribution in [0.25, 0.3) is 10.8 Å². The lowest BCUT2D eigenvalue weighted by Crippen LogP contribution is -2.39. The summed E-state index contributed by atoms with van der Waals surface area (Å²) in [5, 5.41) is 5.56. The lowest BCUT2D eigenvalue weighted by Gasteiger charge is -2.25. The Hall–Kier alpha value is -3.89. The molecule has 0 atom stereocenters.